The van der Waals surface area contributed by atoms with E-state index in [1.807, 2.05) is 16.7 Å². The van der Waals surface area contributed by atoms with Crippen LogP contribution in [0.2, 0.25) is 0 Å². The van der Waals surface area contributed by atoms with Crippen molar-refractivity contribution in [2.75, 3.05) is 44.2 Å². The first-order chi connectivity index (χ1) is 14.4. The molecule has 30 heavy (non-hydrogen) atoms. The van der Waals surface area contributed by atoms with E-state index in [1.54, 1.807) is 19.1 Å². The van der Waals surface area contributed by atoms with Gasteiger partial charge >= 0.3 is 6.09 Å². The second-order valence-electron chi connectivity index (χ2n) is 8.85. The lowest BCUT2D eigenvalue weighted by Crippen LogP contribution is -2.49. The van der Waals surface area contributed by atoms with Crippen LogP contribution in [0.25, 0.3) is 0 Å². The average Bonchev–Trinajstić information content (AvgIpc) is 2.88. The number of ether oxygens (including phenoxy) is 1. The van der Waals surface area contributed by atoms with Crippen molar-refractivity contribution in [1.29, 1.82) is 0 Å². The van der Waals surface area contributed by atoms with Gasteiger partial charge in [-0.25, -0.2) is 9.18 Å². The molecule has 0 N–H and O–H groups in total. The van der Waals surface area contributed by atoms with Crippen LogP contribution in [0.4, 0.5) is 14.9 Å². The highest BCUT2D eigenvalue weighted by Crippen LogP contribution is 2.47. The van der Waals surface area contributed by atoms with E-state index in [9.17, 15) is 14.0 Å². The minimum Gasteiger partial charge on any atom is -0.450 e. The Morgan fingerprint density at radius 1 is 1.17 bits per heavy atom. The zero-order valence-electron chi connectivity index (χ0n) is 18.0. The molecule has 1 aromatic carbocycles. The van der Waals surface area contributed by atoms with Crippen LogP contribution in [0.3, 0.4) is 0 Å². The number of hydrogen-bond donors (Lipinski definition) is 0. The molecule has 2 saturated heterocycles. The van der Waals surface area contributed by atoms with Crippen molar-refractivity contribution < 1.29 is 18.7 Å². The highest BCUT2D eigenvalue weighted by molar-refractivity contribution is 5.94. The zero-order chi connectivity index (χ0) is 21.3. The van der Waals surface area contributed by atoms with E-state index >= 15 is 0 Å². The van der Waals surface area contributed by atoms with Gasteiger partial charge in [-0.1, -0.05) is 0 Å². The number of hydrogen-bond acceptors (Lipinski definition) is 4. The van der Waals surface area contributed by atoms with Gasteiger partial charge in [-0.05, 0) is 75.9 Å². The van der Waals surface area contributed by atoms with Gasteiger partial charge < -0.3 is 19.4 Å². The molecule has 0 radical (unpaired) electrons. The van der Waals surface area contributed by atoms with Crippen molar-refractivity contribution in [2.45, 2.75) is 57.4 Å². The van der Waals surface area contributed by atoms with E-state index < -0.39 is 0 Å². The van der Waals surface area contributed by atoms with Crippen LogP contribution in [-0.4, -0.2) is 67.2 Å². The van der Waals surface area contributed by atoms with E-state index in [4.69, 9.17) is 4.74 Å². The van der Waals surface area contributed by atoms with Gasteiger partial charge in [-0.3, -0.25) is 4.79 Å². The molecule has 4 rings (SSSR count). The van der Waals surface area contributed by atoms with E-state index in [0.717, 1.165) is 69.5 Å². The lowest BCUT2D eigenvalue weighted by molar-refractivity contribution is -0.116. The second-order valence-corrected chi connectivity index (χ2v) is 8.85. The predicted octanol–water partition coefficient (Wildman–Crippen LogP) is 3.54. The van der Waals surface area contributed by atoms with Crippen molar-refractivity contribution in [2.24, 2.45) is 0 Å². The summed E-state index contributed by atoms with van der Waals surface area (Å²) in [4.78, 5) is 30.4. The molecule has 0 saturated carbocycles. The number of amides is 2. The minimum atomic E-state index is -0.233. The van der Waals surface area contributed by atoms with E-state index in [-0.39, 0.29) is 23.2 Å². The van der Waals surface area contributed by atoms with Crippen molar-refractivity contribution in [3.05, 3.63) is 29.6 Å². The molecule has 2 amide bonds. The van der Waals surface area contributed by atoms with Gasteiger partial charge in [0.05, 0.1) is 6.61 Å². The standard InChI is InChI=1S/C23H32FN3O3/c1-3-30-22(29)26-11-4-5-19(8-12-26)25-13-9-23(10-14-25)16-27(17(2)28)21-7-6-18(24)15-20(21)23/h6-7,15,19H,3-5,8-14,16H2,1-2H3/t19-/m0/s1. The molecule has 1 aromatic rings. The largest absolute Gasteiger partial charge is 0.450 e. The third-order valence-corrected chi connectivity index (χ3v) is 7.16. The number of halogens is 1. The topological polar surface area (TPSA) is 53.1 Å². The van der Waals surface area contributed by atoms with Crippen LogP contribution in [0.15, 0.2) is 18.2 Å². The summed E-state index contributed by atoms with van der Waals surface area (Å²) in [5, 5.41) is 0. The quantitative estimate of drug-likeness (QED) is 0.739. The fourth-order valence-electron chi connectivity index (χ4n) is 5.51. The molecule has 164 valence electrons. The van der Waals surface area contributed by atoms with Crippen LogP contribution in [0.1, 0.15) is 51.5 Å². The molecule has 1 spiro atoms. The Kier molecular flexibility index (Phi) is 6.00. The molecule has 0 bridgehead atoms. The monoisotopic (exact) mass is 417 g/mol. The third kappa shape index (κ3) is 3.92. The number of carbonyl (C=O) groups is 2. The van der Waals surface area contributed by atoms with E-state index in [0.29, 0.717) is 19.2 Å². The fourth-order valence-corrected chi connectivity index (χ4v) is 5.51. The summed E-state index contributed by atoms with van der Waals surface area (Å²) in [6.45, 7) is 7.84. The predicted molar refractivity (Wildman–Crippen MR) is 113 cm³/mol. The van der Waals surface area contributed by atoms with Gasteiger partial charge in [0.15, 0.2) is 0 Å². The summed E-state index contributed by atoms with van der Waals surface area (Å²) in [6.07, 6.45) is 4.66. The Morgan fingerprint density at radius 3 is 2.63 bits per heavy atom. The van der Waals surface area contributed by atoms with Gasteiger partial charge in [0.25, 0.3) is 0 Å². The summed E-state index contributed by atoms with van der Waals surface area (Å²) < 4.78 is 19.2. The van der Waals surface area contributed by atoms with Crippen LogP contribution >= 0.6 is 0 Å². The molecular weight excluding hydrogens is 385 g/mol. The fraction of sp³-hybridized carbons (Fsp3) is 0.652. The van der Waals surface area contributed by atoms with Crippen LogP contribution in [-0.2, 0) is 14.9 Å². The molecule has 1 atom stereocenters. The molecule has 0 unspecified atom stereocenters. The van der Waals surface area contributed by atoms with Crippen molar-refractivity contribution >= 4 is 17.7 Å². The van der Waals surface area contributed by atoms with Gasteiger partial charge in [-0.2, -0.15) is 0 Å². The Balaban J connectivity index is 1.42. The highest BCUT2D eigenvalue weighted by Gasteiger charge is 2.46. The molecule has 0 aliphatic carbocycles. The molecule has 3 heterocycles. The van der Waals surface area contributed by atoms with E-state index in [1.165, 1.54) is 6.07 Å². The zero-order valence-corrected chi connectivity index (χ0v) is 18.0. The number of likely N-dealkylation sites (tertiary alicyclic amines) is 2. The summed E-state index contributed by atoms with van der Waals surface area (Å²) in [5.74, 6) is -0.214. The SMILES string of the molecule is CCOC(=O)N1CCC[C@H](N2CCC3(CC2)CN(C(C)=O)c2ccc(F)cc23)CC1. The number of fused-ring (bicyclic) bond motifs is 2. The molecule has 0 aromatic heterocycles. The number of benzene rings is 1. The maximum absolute atomic E-state index is 14.0. The first-order valence-electron chi connectivity index (χ1n) is 11.2. The first kappa shape index (κ1) is 21.1. The van der Waals surface area contributed by atoms with Gasteiger partial charge in [-0.15, -0.1) is 0 Å². The van der Waals surface area contributed by atoms with Crippen molar-refractivity contribution in [3.63, 3.8) is 0 Å². The number of anilines is 1. The molecule has 3 aliphatic rings. The minimum absolute atomic E-state index is 0.0185. The van der Waals surface area contributed by atoms with Crippen LogP contribution in [0.5, 0.6) is 0 Å². The lowest BCUT2D eigenvalue weighted by Gasteiger charge is -2.43. The lowest BCUT2D eigenvalue weighted by atomic mass is 9.74. The number of piperidine rings is 1. The average molecular weight is 418 g/mol. The Hall–Kier alpha value is -2.15. The molecule has 7 heteroatoms. The first-order valence-corrected chi connectivity index (χ1v) is 11.2. The molecule has 6 nitrogen and oxygen atoms in total. The van der Waals surface area contributed by atoms with Crippen LogP contribution in [0, 0.1) is 5.82 Å². The van der Waals surface area contributed by atoms with Gasteiger partial charge in [0.2, 0.25) is 5.91 Å². The Bertz CT molecular complexity index is 807. The summed E-state index contributed by atoms with van der Waals surface area (Å²) >= 11 is 0. The van der Waals surface area contributed by atoms with Gasteiger partial charge in [0, 0.05) is 43.7 Å². The Labute approximate surface area is 177 Å². The maximum Gasteiger partial charge on any atom is 0.409 e. The smallest absolute Gasteiger partial charge is 0.409 e. The van der Waals surface area contributed by atoms with E-state index in [2.05, 4.69) is 4.90 Å². The molecular formula is C23H32FN3O3. The molecule has 2 fully saturated rings. The summed E-state index contributed by atoms with van der Waals surface area (Å²) in [6, 6.07) is 5.29. The number of nitrogens with zero attached hydrogens (tertiary/aromatic N) is 3. The Morgan fingerprint density at radius 2 is 1.93 bits per heavy atom. The maximum atomic E-state index is 14.0. The highest BCUT2D eigenvalue weighted by atomic mass is 19.1. The van der Waals surface area contributed by atoms with Crippen LogP contribution < -0.4 is 4.90 Å². The number of rotatable bonds is 2. The third-order valence-electron chi connectivity index (χ3n) is 7.16. The van der Waals surface area contributed by atoms with Gasteiger partial charge in [0.1, 0.15) is 5.82 Å². The second kappa shape index (κ2) is 8.53. The summed E-state index contributed by atoms with van der Waals surface area (Å²) in [5.41, 5.74) is 1.71. The normalized spacial score (nSPS) is 23.9. The molecule has 3 aliphatic heterocycles. The number of carbonyl (C=O) groups excluding carboxylic acids is 2. The van der Waals surface area contributed by atoms with Crippen molar-refractivity contribution in [1.82, 2.24) is 9.80 Å². The summed E-state index contributed by atoms with van der Waals surface area (Å²) in [7, 11) is 0. The van der Waals surface area contributed by atoms with Crippen molar-refractivity contribution in [3.8, 4) is 0 Å².